The fraction of sp³-hybridized carbons (Fsp3) is 0.571. The van der Waals surface area contributed by atoms with Crippen LogP contribution in [-0.4, -0.2) is 56.0 Å². The van der Waals surface area contributed by atoms with Gasteiger partial charge in [0.05, 0.1) is 6.61 Å². The zero-order valence-corrected chi connectivity index (χ0v) is 12.2. The molecule has 1 saturated heterocycles. The van der Waals surface area contributed by atoms with Gasteiger partial charge in [0, 0.05) is 5.69 Å². The molecule has 0 aliphatic carbocycles. The van der Waals surface area contributed by atoms with Crippen LogP contribution in [0.3, 0.4) is 0 Å². The van der Waals surface area contributed by atoms with E-state index in [0.717, 1.165) is 4.57 Å². The van der Waals surface area contributed by atoms with Gasteiger partial charge in [-0.1, -0.05) is 0 Å². The van der Waals surface area contributed by atoms with Gasteiger partial charge < -0.3 is 25.2 Å². The van der Waals surface area contributed by atoms with Crippen molar-refractivity contribution in [1.29, 1.82) is 5.26 Å². The first-order valence-corrected chi connectivity index (χ1v) is 6.76. The molecule has 0 amide bonds. The van der Waals surface area contributed by atoms with Crippen LogP contribution in [0, 0.1) is 25.2 Å². The summed E-state index contributed by atoms with van der Waals surface area (Å²) in [5, 5.41) is 48.0. The summed E-state index contributed by atoms with van der Waals surface area (Å²) in [5.41, 5.74) is 0.156. The number of hydrogen-bond donors (Lipinski definition) is 4. The molecule has 0 saturated carbocycles. The maximum Gasteiger partial charge on any atom is 0.271 e. The molecular weight excluding hydrogens is 292 g/mol. The van der Waals surface area contributed by atoms with Crippen LogP contribution in [0.1, 0.15) is 23.0 Å². The van der Waals surface area contributed by atoms with Crippen LogP contribution in [0.15, 0.2) is 10.9 Å². The Kier molecular flexibility index (Phi) is 4.65. The molecule has 5 atom stereocenters. The van der Waals surface area contributed by atoms with Gasteiger partial charge in [-0.25, -0.2) is 0 Å². The molecule has 1 aliphatic heterocycles. The summed E-state index contributed by atoms with van der Waals surface area (Å²) in [6.07, 6.45) is -7.11. The number of nitriles is 1. The number of aliphatic hydroxyl groups excluding tert-OH is 4. The lowest BCUT2D eigenvalue weighted by Gasteiger charge is -2.41. The largest absolute Gasteiger partial charge is 0.394 e. The molecule has 1 aliphatic rings. The van der Waals surface area contributed by atoms with Crippen molar-refractivity contribution in [3.63, 3.8) is 0 Å². The number of aromatic nitrogens is 1. The minimum absolute atomic E-state index is 0.0949. The third-order valence-corrected chi connectivity index (χ3v) is 3.87. The van der Waals surface area contributed by atoms with Crippen LogP contribution in [0.2, 0.25) is 0 Å². The third-order valence-electron chi connectivity index (χ3n) is 3.87. The Hall–Kier alpha value is -1.76. The summed E-state index contributed by atoms with van der Waals surface area (Å²) >= 11 is 0. The standard InChI is InChI=1S/C14H18N2O6/c1-6-3-7(2)16(13(21)8(6)4-15)14-12(20)11(19)10(18)9(5-17)22-14/h3,9-12,14,17-20H,5H2,1-2H3/t9-,10+,11+,12-,14-/m1/s1. The van der Waals surface area contributed by atoms with Crippen molar-refractivity contribution < 1.29 is 25.2 Å². The minimum atomic E-state index is -1.59. The maximum atomic E-state index is 12.4. The molecule has 8 heteroatoms. The van der Waals surface area contributed by atoms with E-state index in [2.05, 4.69) is 0 Å². The van der Waals surface area contributed by atoms with E-state index in [-0.39, 0.29) is 5.56 Å². The fourth-order valence-corrected chi connectivity index (χ4v) is 2.65. The lowest BCUT2D eigenvalue weighted by molar-refractivity contribution is -0.252. The van der Waals surface area contributed by atoms with Crippen molar-refractivity contribution in [2.45, 2.75) is 44.5 Å². The van der Waals surface area contributed by atoms with Gasteiger partial charge in [0.2, 0.25) is 0 Å². The molecular formula is C14H18N2O6. The van der Waals surface area contributed by atoms with Gasteiger partial charge in [0.25, 0.3) is 5.56 Å². The van der Waals surface area contributed by atoms with Gasteiger partial charge in [-0.2, -0.15) is 5.26 Å². The van der Waals surface area contributed by atoms with E-state index in [1.807, 2.05) is 0 Å². The second-order valence-electron chi connectivity index (χ2n) is 5.35. The van der Waals surface area contributed by atoms with Crippen molar-refractivity contribution in [1.82, 2.24) is 4.57 Å². The van der Waals surface area contributed by atoms with Crippen molar-refractivity contribution in [3.05, 3.63) is 33.2 Å². The Balaban J connectivity index is 2.56. The highest BCUT2D eigenvalue weighted by Crippen LogP contribution is 2.28. The predicted octanol–water partition coefficient (Wildman–Crippen LogP) is -1.69. The number of ether oxygens (including phenoxy) is 1. The molecule has 0 radical (unpaired) electrons. The SMILES string of the molecule is Cc1cc(C)n([C@@H]2O[C@H](CO)[C@H](O)[C@H](O)[C@H]2O)c(=O)c1C#N. The summed E-state index contributed by atoms with van der Waals surface area (Å²) in [4.78, 5) is 12.4. The zero-order valence-electron chi connectivity index (χ0n) is 12.2. The first kappa shape index (κ1) is 16.6. The van der Waals surface area contributed by atoms with E-state index < -0.39 is 42.8 Å². The van der Waals surface area contributed by atoms with Gasteiger partial charge in [-0.05, 0) is 25.5 Å². The number of hydrogen-bond acceptors (Lipinski definition) is 7. The first-order chi connectivity index (χ1) is 10.3. The average Bonchev–Trinajstić information content (AvgIpc) is 2.47. The molecule has 0 unspecified atom stereocenters. The summed E-state index contributed by atoms with van der Waals surface area (Å²) in [6.45, 7) is 2.62. The fourth-order valence-electron chi connectivity index (χ4n) is 2.65. The number of pyridine rings is 1. The van der Waals surface area contributed by atoms with Gasteiger partial charge in [0.15, 0.2) is 6.23 Å². The number of rotatable bonds is 2. The van der Waals surface area contributed by atoms with E-state index in [4.69, 9.17) is 10.00 Å². The zero-order chi connectivity index (χ0) is 16.6. The second-order valence-corrected chi connectivity index (χ2v) is 5.35. The Morgan fingerprint density at radius 1 is 1.27 bits per heavy atom. The molecule has 2 heterocycles. The number of aryl methyl sites for hydroxylation is 2. The third kappa shape index (κ3) is 2.54. The number of nitrogens with zero attached hydrogens (tertiary/aromatic N) is 2. The smallest absolute Gasteiger partial charge is 0.271 e. The van der Waals surface area contributed by atoms with Crippen LogP contribution in [0.5, 0.6) is 0 Å². The van der Waals surface area contributed by atoms with Crippen LogP contribution < -0.4 is 5.56 Å². The molecule has 0 aromatic carbocycles. The molecule has 2 rings (SSSR count). The Labute approximate surface area is 126 Å². The van der Waals surface area contributed by atoms with E-state index in [1.54, 1.807) is 26.0 Å². The molecule has 1 fully saturated rings. The van der Waals surface area contributed by atoms with Crippen molar-refractivity contribution in [3.8, 4) is 6.07 Å². The van der Waals surface area contributed by atoms with Crippen LogP contribution in [0.4, 0.5) is 0 Å². The quantitative estimate of drug-likeness (QED) is 0.511. The van der Waals surface area contributed by atoms with Crippen molar-refractivity contribution in [2.24, 2.45) is 0 Å². The van der Waals surface area contributed by atoms with Gasteiger partial charge >= 0.3 is 0 Å². The summed E-state index contributed by atoms with van der Waals surface area (Å²) in [5.74, 6) is 0. The Bertz CT molecular complexity index is 663. The summed E-state index contributed by atoms with van der Waals surface area (Å²) in [7, 11) is 0. The predicted molar refractivity (Wildman–Crippen MR) is 73.9 cm³/mol. The van der Waals surface area contributed by atoms with E-state index in [0.29, 0.717) is 11.3 Å². The second kappa shape index (κ2) is 6.16. The molecule has 1 aromatic heterocycles. The highest BCUT2D eigenvalue weighted by Gasteiger charge is 2.45. The molecule has 22 heavy (non-hydrogen) atoms. The normalized spacial score (nSPS) is 31.8. The molecule has 0 spiro atoms. The molecule has 8 nitrogen and oxygen atoms in total. The van der Waals surface area contributed by atoms with Crippen molar-refractivity contribution >= 4 is 0 Å². The topological polar surface area (TPSA) is 136 Å². The highest BCUT2D eigenvalue weighted by atomic mass is 16.6. The van der Waals surface area contributed by atoms with Crippen LogP contribution in [0.25, 0.3) is 0 Å². The van der Waals surface area contributed by atoms with E-state index in [9.17, 15) is 25.2 Å². The lowest BCUT2D eigenvalue weighted by atomic mass is 9.97. The maximum absolute atomic E-state index is 12.4. The van der Waals surface area contributed by atoms with Gasteiger partial charge in [0.1, 0.15) is 36.0 Å². The van der Waals surface area contributed by atoms with Crippen LogP contribution >= 0.6 is 0 Å². The van der Waals surface area contributed by atoms with Crippen molar-refractivity contribution in [2.75, 3.05) is 6.61 Å². The molecule has 4 N–H and O–H groups in total. The Morgan fingerprint density at radius 3 is 2.45 bits per heavy atom. The molecule has 120 valence electrons. The van der Waals surface area contributed by atoms with E-state index >= 15 is 0 Å². The summed E-state index contributed by atoms with van der Waals surface area (Å²) < 4.78 is 6.41. The lowest BCUT2D eigenvalue weighted by Crippen LogP contribution is -2.58. The first-order valence-electron chi connectivity index (χ1n) is 6.76. The minimum Gasteiger partial charge on any atom is -0.394 e. The highest BCUT2D eigenvalue weighted by molar-refractivity contribution is 5.36. The number of aliphatic hydroxyl groups is 4. The van der Waals surface area contributed by atoms with Gasteiger partial charge in [-0.3, -0.25) is 9.36 Å². The summed E-state index contributed by atoms with van der Waals surface area (Å²) in [6, 6.07) is 3.38. The average molecular weight is 310 g/mol. The Morgan fingerprint density at radius 2 is 1.91 bits per heavy atom. The van der Waals surface area contributed by atoms with E-state index in [1.165, 1.54) is 0 Å². The van der Waals surface area contributed by atoms with Gasteiger partial charge in [-0.15, -0.1) is 0 Å². The molecule has 1 aromatic rings. The molecule has 0 bridgehead atoms. The van der Waals surface area contributed by atoms with Crippen LogP contribution in [-0.2, 0) is 4.74 Å². The monoisotopic (exact) mass is 310 g/mol.